The van der Waals surface area contributed by atoms with Crippen LogP contribution in [0.4, 0.5) is 0 Å². The van der Waals surface area contributed by atoms with Crippen molar-refractivity contribution in [3.8, 4) is 0 Å². The van der Waals surface area contributed by atoms with E-state index in [1.165, 1.54) is 31.5 Å². The number of likely N-dealkylation sites (tertiary alicyclic amines) is 2. The highest BCUT2D eigenvalue weighted by Gasteiger charge is 2.31. The molecule has 0 radical (unpaired) electrons. The van der Waals surface area contributed by atoms with Crippen LogP contribution in [0.1, 0.15) is 42.8 Å². The van der Waals surface area contributed by atoms with Gasteiger partial charge in [-0.25, -0.2) is 0 Å². The second-order valence-electron chi connectivity index (χ2n) is 8.87. The third-order valence-corrected chi connectivity index (χ3v) is 6.69. The SMILES string of the molecule is Cc1ccc(CNC(=O)[C@@H]2CCCN(C3CCN(CCc4ccccc4)CC3)C2)o1. The van der Waals surface area contributed by atoms with Crippen molar-refractivity contribution in [3.63, 3.8) is 0 Å². The second kappa shape index (κ2) is 10.3. The van der Waals surface area contributed by atoms with Gasteiger partial charge in [0.15, 0.2) is 0 Å². The van der Waals surface area contributed by atoms with Crippen molar-refractivity contribution in [1.82, 2.24) is 15.1 Å². The summed E-state index contributed by atoms with van der Waals surface area (Å²) >= 11 is 0. The number of aryl methyl sites for hydroxylation is 1. The van der Waals surface area contributed by atoms with Crippen LogP contribution in [0.5, 0.6) is 0 Å². The first-order valence-electron chi connectivity index (χ1n) is 11.5. The monoisotopic (exact) mass is 409 g/mol. The van der Waals surface area contributed by atoms with E-state index in [2.05, 4.69) is 45.4 Å². The third-order valence-electron chi connectivity index (χ3n) is 6.69. The zero-order chi connectivity index (χ0) is 20.8. The van der Waals surface area contributed by atoms with Gasteiger partial charge in [-0.05, 0) is 76.4 Å². The number of carbonyl (C=O) groups is 1. The lowest BCUT2D eigenvalue weighted by molar-refractivity contribution is -0.127. The van der Waals surface area contributed by atoms with Gasteiger partial charge < -0.3 is 14.6 Å². The number of hydrogen-bond donors (Lipinski definition) is 1. The molecule has 2 aliphatic heterocycles. The molecule has 5 nitrogen and oxygen atoms in total. The summed E-state index contributed by atoms with van der Waals surface area (Å²) < 4.78 is 5.57. The van der Waals surface area contributed by atoms with E-state index < -0.39 is 0 Å². The lowest BCUT2D eigenvalue weighted by atomic mass is 9.93. The van der Waals surface area contributed by atoms with Gasteiger partial charge in [-0.1, -0.05) is 30.3 Å². The maximum Gasteiger partial charge on any atom is 0.224 e. The van der Waals surface area contributed by atoms with Crippen LogP contribution in [0.25, 0.3) is 0 Å². The normalized spacial score (nSPS) is 21.6. The van der Waals surface area contributed by atoms with Gasteiger partial charge in [0, 0.05) is 19.1 Å². The largest absolute Gasteiger partial charge is 0.465 e. The fourth-order valence-electron chi connectivity index (χ4n) is 4.89. The number of piperidine rings is 2. The lowest BCUT2D eigenvalue weighted by Gasteiger charge is -2.42. The van der Waals surface area contributed by atoms with Crippen LogP contribution in [-0.4, -0.2) is 54.5 Å². The summed E-state index contributed by atoms with van der Waals surface area (Å²) in [5.41, 5.74) is 1.43. The Morgan fingerprint density at radius 3 is 2.60 bits per heavy atom. The Hall–Kier alpha value is -2.11. The van der Waals surface area contributed by atoms with Crippen LogP contribution < -0.4 is 5.32 Å². The molecule has 0 unspecified atom stereocenters. The zero-order valence-electron chi connectivity index (χ0n) is 18.2. The molecule has 3 heterocycles. The molecule has 162 valence electrons. The predicted octanol–water partition coefficient (Wildman–Crippen LogP) is 3.62. The molecule has 0 bridgehead atoms. The lowest BCUT2D eigenvalue weighted by Crippen LogP contribution is -2.50. The van der Waals surface area contributed by atoms with E-state index in [0.29, 0.717) is 12.6 Å². The fourth-order valence-corrected chi connectivity index (χ4v) is 4.89. The smallest absolute Gasteiger partial charge is 0.224 e. The number of carbonyl (C=O) groups excluding carboxylic acids is 1. The van der Waals surface area contributed by atoms with E-state index in [4.69, 9.17) is 4.42 Å². The molecule has 2 aromatic rings. The second-order valence-corrected chi connectivity index (χ2v) is 8.87. The standard InChI is InChI=1S/C25H35N3O2/c1-20-9-10-24(30-20)18-26-25(29)22-8-5-14-28(19-22)23-12-16-27(17-13-23)15-11-21-6-3-2-4-7-21/h2-4,6-7,9-10,22-23H,5,8,11-19H2,1H3,(H,26,29)/t22-/m1/s1. The van der Waals surface area contributed by atoms with E-state index in [1.54, 1.807) is 0 Å². The Kier molecular flexibility index (Phi) is 7.24. The van der Waals surface area contributed by atoms with Crippen LogP contribution in [-0.2, 0) is 17.8 Å². The predicted molar refractivity (Wildman–Crippen MR) is 119 cm³/mol. The van der Waals surface area contributed by atoms with Gasteiger partial charge in [0.25, 0.3) is 0 Å². The Balaban J connectivity index is 1.19. The molecule has 2 aliphatic rings. The molecule has 5 heteroatoms. The molecule has 0 saturated carbocycles. The summed E-state index contributed by atoms with van der Waals surface area (Å²) in [5, 5.41) is 3.08. The first-order chi connectivity index (χ1) is 14.7. The van der Waals surface area contributed by atoms with Crippen molar-refractivity contribution in [2.45, 2.75) is 51.6 Å². The van der Waals surface area contributed by atoms with Gasteiger partial charge in [0.2, 0.25) is 5.91 Å². The molecule has 2 saturated heterocycles. The molecule has 1 aromatic carbocycles. The van der Waals surface area contributed by atoms with Crippen LogP contribution in [0.15, 0.2) is 46.9 Å². The molecule has 0 spiro atoms. The van der Waals surface area contributed by atoms with E-state index in [9.17, 15) is 4.79 Å². The van der Waals surface area contributed by atoms with Gasteiger partial charge in [-0.3, -0.25) is 9.69 Å². The number of benzene rings is 1. The van der Waals surface area contributed by atoms with E-state index >= 15 is 0 Å². The first-order valence-corrected chi connectivity index (χ1v) is 11.5. The summed E-state index contributed by atoms with van der Waals surface area (Å²) in [6.45, 7) is 7.94. The minimum Gasteiger partial charge on any atom is -0.465 e. The molecule has 4 rings (SSSR count). The minimum atomic E-state index is 0.103. The Morgan fingerprint density at radius 2 is 1.87 bits per heavy atom. The van der Waals surface area contributed by atoms with E-state index in [1.807, 2.05) is 19.1 Å². The first kappa shape index (κ1) is 21.1. The number of furan rings is 1. The molecule has 30 heavy (non-hydrogen) atoms. The number of hydrogen-bond acceptors (Lipinski definition) is 4. The number of nitrogens with zero attached hydrogens (tertiary/aromatic N) is 2. The maximum atomic E-state index is 12.7. The van der Waals surface area contributed by atoms with Crippen LogP contribution in [0, 0.1) is 12.8 Å². The molecule has 1 aromatic heterocycles. The number of rotatable bonds is 7. The quantitative estimate of drug-likeness (QED) is 0.759. The van der Waals surface area contributed by atoms with Crippen molar-refractivity contribution in [2.75, 3.05) is 32.7 Å². The topological polar surface area (TPSA) is 48.7 Å². The van der Waals surface area contributed by atoms with Gasteiger partial charge in [-0.15, -0.1) is 0 Å². The minimum absolute atomic E-state index is 0.103. The van der Waals surface area contributed by atoms with Crippen LogP contribution in [0.2, 0.25) is 0 Å². The summed E-state index contributed by atoms with van der Waals surface area (Å²) in [5.74, 6) is 1.99. The number of nitrogens with one attached hydrogen (secondary N) is 1. The van der Waals surface area contributed by atoms with Crippen molar-refractivity contribution in [2.24, 2.45) is 5.92 Å². The highest BCUT2D eigenvalue weighted by atomic mass is 16.3. The Labute approximate surface area is 180 Å². The van der Waals surface area contributed by atoms with Crippen molar-refractivity contribution >= 4 is 5.91 Å². The highest BCUT2D eigenvalue weighted by molar-refractivity contribution is 5.78. The van der Waals surface area contributed by atoms with Gasteiger partial charge in [0.05, 0.1) is 12.5 Å². The van der Waals surface area contributed by atoms with Crippen molar-refractivity contribution < 1.29 is 9.21 Å². The molecular formula is C25H35N3O2. The summed E-state index contributed by atoms with van der Waals surface area (Å²) in [6.07, 6.45) is 5.68. The Morgan fingerprint density at radius 1 is 1.07 bits per heavy atom. The summed E-state index contributed by atoms with van der Waals surface area (Å²) in [4.78, 5) is 17.9. The molecular weight excluding hydrogens is 374 g/mol. The van der Waals surface area contributed by atoms with E-state index in [-0.39, 0.29) is 11.8 Å². The molecule has 1 atom stereocenters. The van der Waals surface area contributed by atoms with Crippen LogP contribution in [0.3, 0.4) is 0 Å². The van der Waals surface area contributed by atoms with Gasteiger partial charge in [-0.2, -0.15) is 0 Å². The highest BCUT2D eigenvalue weighted by Crippen LogP contribution is 2.24. The molecule has 2 fully saturated rings. The zero-order valence-corrected chi connectivity index (χ0v) is 18.2. The third kappa shape index (κ3) is 5.73. The fraction of sp³-hybridized carbons (Fsp3) is 0.560. The maximum absolute atomic E-state index is 12.7. The summed E-state index contributed by atoms with van der Waals surface area (Å²) in [7, 11) is 0. The van der Waals surface area contributed by atoms with Crippen molar-refractivity contribution in [3.05, 3.63) is 59.5 Å². The van der Waals surface area contributed by atoms with Gasteiger partial charge >= 0.3 is 0 Å². The van der Waals surface area contributed by atoms with E-state index in [0.717, 1.165) is 50.4 Å². The number of amides is 1. The Bertz CT molecular complexity index is 796. The molecule has 1 amide bonds. The average molecular weight is 410 g/mol. The molecule has 1 N–H and O–H groups in total. The van der Waals surface area contributed by atoms with Crippen molar-refractivity contribution in [1.29, 1.82) is 0 Å². The van der Waals surface area contributed by atoms with Crippen LogP contribution >= 0.6 is 0 Å². The molecule has 0 aliphatic carbocycles. The average Bonchev–Trinajstić information content (AvgIpc) is 3.22. The summed E-state index contributed by atoms with van der Waals surface area (Å²) in [6, 6.07) is 15.3. The van der Waals surface area contributed by atoms with Gasteiger partial charge in [0.1, 0.15) is 11.5 Å².